The second kappa shape index (κ2) is 8.61. The largest absolute Gasteiger partial charge is 0.391 e. The number of H-pyrrole nitrogens is 1. The van der Waals surface area contributed by atoms with Crippen molar-refractivity contribution >= 4 is 23.5 Å². The first-order valence-electron chi connectivity index (χ1n) is 10.2. The van der Waals surface area contributed by atoms with E-state index in [0.717, 1.165) is 30.2 Å². The molecule has 0 amide bonds. The Hall–Kier alpha value is -2.93. The molecule has 1 aromatic carbocycles. The minimum Gasteiger partial charge on any atom is -0.391 e. The van der Waals surface area contributed by atoms with Crippen molar-refractivity contribution in [1.82, 2.24) is 10.1 Å². The number of aliphatic hydroxyl groups is 1. The van der Waals surface area contributed by atoms with Crippen LogP contribution in [0.4, 0.5) is 11.6 Å². The summed E-state index contributed by atoms with van der Waals surface area (Å²) in [6.07, 6.45) is 4.30. The number of anilines is 2. The number of aliphatic imine (C=N–C) groups is 1. The molecule has 0 saturated carbocycles. The van der Waals surface area contributed by atoms with Gasteiger partial charge < -0.3 is 10.4 Å². The van der Waals surface area contributed by atoms with Crippen LogP contribution in [0.1, 0.15) is 37.3 Å². The standard InChI is InChI=1S/C22H28N6O/c1-15(2)18-13-26-28-21(25-11-16-6-4-3-5-7-16)10-20(27-22(18)28)24-12-17-8-9-23-14-19(17)29/h3-7,9-10,13,15,17,19,29H,8,11-12,14H2,1-2H3,(H2,24,25,26,27)/p+1/t17-,19+/m1/s1. The molecule has 0 radical (unpaired) electrons. The van der Waals surface area contributed by atoms with Crippen molar-refractivity contribution in [3.8, 4) is 0 Å². The molecule has 7 heteroatoms. The summed E-state index contributed by atoms with van der Waals surface area (Å²) in [5.74, 6) is 2.25. The van der Waals surface area contributed by atoms with Crippen LogP contribution in [0.15, 0.2) is 47.6 Å². The van der Waals surface area contributed by atoms with Gasteiger partial charge in [0.05, 0.1) is 30.8 Å². The molecule has 7 nitrogen and oxygen atoms in total. The van der Waals surface area contributed by atoms with Crippen molar-refractivity contribution < 1.29 is 9.62 Å². The van der Waals surface area contributed by atoms with Gasteiger partial charge in [-0.25, -0.2) is 0 Å². The minimum absolute atomic E-state index is 0.147. The molecule has 0 unspecified atom stereocenters. The van der Waals surface area contributed by atoms with Gasteiger partial charge in [0.2, 0.25) is 11.6 Å². The first kappa shape index (κ1) is 19.4. The molecule has 0 spiro atoms. The van der Waals surface area contributed by atoms with Gasteiger partial charge in [-0.3, -0.25) is 15.4 Å². The highest BCUT2D eigenvalue weighted by Gasteiger charge is 2.23. The van der Waals surface area contributed by atoms with Crippen LogP contribution in [0.25, 0.3) is 5.65 Å². The maximum atomic E-state index is 10.2. The molecule has 1 aliphatic heterocycles. The van der Waals surface area contributed by atoms with Crippen molar-refractivity contribution in [2.45, 2.75) is 38.8 Å². The van der Waals surface area contributed by atoms with Crippen molar-refractivity contribution in [3.05, 3.63) is 53.7 Å². The van der Waals surface area contributed by atoms with Gasteiger partial charge in [-0.15, -0.1) is 4.52 Å². The van der Waals surface area contributed by atoms with E-state index in [4.69, 9.17) is 4.98 Å². The number of aromatic amines is 1. The molecule has 2 aromatic heterocycles. The number of hydrogen-bond acceptors (Lipinski definition) is 5. The summed E-state index contributed by atoms with van der Waals surface area (Å²) >= 11 is 0. The first-order valence-corrected chi connectivity index (χ1v) is 10.2. The van der Waals surface area contributed by atoms with E-state index in [1.807, 2.05) is 41.2 Å². The molecule has 2 atom stereocenters. The lowest BCUT2D eigenvalue weighted by atomic mass is 9.97. The molecule has 0 fully saturated rings. The van der Waals surface area contributed by atoms with E-state index in [0.29, 0.717) is 19.0 Å². The van der Waals surface area contributed by atoms with Crippen LogP contribution >= 0.6 is 0 Å². The SMILES string of the molecule is CC(C)c1c[nH][n+]2c(NCc3ccccc3)cc(NC[C@H]3CC=NC[C@@H]3O)nc12. The average Bonchev–Trinajstić information content (AvgIpc) is 3.16. The highest BCUT2D eigenvalue weighted by Crippen LogP contribution is 2.21. The molecule has 0 bridgehead atoms. The van der Waals surface area contributed by atoms with Crippen molar-refractivity contribution in [1.29, 1.82) is 0 Å². The van der Waals surface area contributed by atoms with Crippen LogP contribution in [0.2, 0.25) is 0 Å². The molecule has 3 aromatic rings. The monoisotopic (exact) mass is 393 g/mol. The minimum atomic E-state index is -0.403. The van der Waals surface area contributed by atoms with E-state index in [2.05, 4.69) is 46.7 Å². The number of fused-ring (bicyclic) bond motifs is 1. The number of rotatable bonds is 7. The number of aliphatic hydroxyl groups excluding tert-OH is 1. The van der Waals surface area contributed by atoms with Crippen molar-refractivity contribution in [2.24, 2.45) is 10.9 Å². The summed E-state index contributed by atoms with van der Waals surface area (Å²) < 4.78 is 1.99. The van der Waals surface area contributed by atoms with E-state index >= 15 is 0 Å². The second-order valence-electron chi connectivity index (χ2n) is 7.90. The zero-order valence-corrected chi connectivity index (χ0v) is 17.0. The summed E-state index contributed by atoms with van der Waals surface area (Å²) in [4.78, 5) is 9.01. The predicted molar refractivity (Wildman–Crippen MR) is 116 cm³/mol. The highest BCUT2D eigenvalue weighted by molar-refractivity contribution is 5.59. The van der Waals surface area contributed by atoms with E-state index in [9.17, 15) is 5.11 Å². The Morgan fingerprint density at radius 1 is 1.24 bits per heavy atom. The van der Waals surface area contributed by atoms with Gasteiger partial charge in [-0.1, -0.05) is 49.2 Å². The summed E-state index contributed by atoms with van der Waals surface area (Å²) in [7, 11) is 0. The molecule has 1 aliphatic rings. The molecule has 0 aliphatic carbocycles. The normalized spacial score (nSPS) is 19.0. The Morgan fingerprint density at radius 2 is 2.07 bits per heavy atom. The molecule has 4 N–H and O–H groups in total. The van der Waals surface area contributed by atoms with E-state index in [1.54, 1.807) is 0 Å². The number of nitrogens with zero attached hydrogens (tertiary/aromatic N) is 3. The van der Waals surface area contributed by atoms with Crippen molar-refractivity contribution in [2.75, 3.05) is 23.7 Å². The molecule has 29 heavy (non-hydrogen) atoms. The van der Waals surface area contributed by atoms with Crippen LogP contribution in [0.5, 0.6) is 0 Å². The fraction of sp³-hybridized carbons (Fsp3) is 0.409. The maximum absolute atomic E-state index is 10.2. The first-order chi connectivity index (χ1) is 14.1. The smallest absolute Gasteiger partial charge is 0.292 e. The molecular weight excluding hydrogens is 364 g/mol. The van der Waals surface area contributed by atoms with Crippen LogP contribution in [0.3, 0.4) is 0 Å². The fourth-order valence-electron chi connectivity index (χ4n) is 3.62. The Morgan fingerprint density at radius 3 is 2.83 bits per heavy atom. The zero-order chi connectivity index (χ0) is 20.2. The molecule has 3 heterocycles. The Kier molecular flexibility index (Phi) is 5.76. The van der Waals surface area contributed by atoms with Gasteiger partial charge in [-0.05, 0) is 24.1 Å². The van der Waals surface area contributed by atoms with Gasteiger partial charge in [-0.2, -0.15) is 0 Å². The van der Waals surface area contributed by atoms with E-state index in [1.165, 1.54) is 11.1 Å². The average molecular weight is 394 g/mol. The fourth-order valence-corrected chi connectivity index (χ4v) is 3.62. The quantitative estimate of drug-likeness (QED) is 0.465. The number of hydrogen-bond donors (Lipinski definition) is 4. The molecular formula is C22H29N6O+. The summed E-state index contributed by atoms with van der Waals surface area (Å²) in [5.41, 5.74) is 3.29. The van der Waals surface area contributed by atoms with Crippen molar-refractivity contribution in [3.63, 3.8) is 0 Å². The van der Waals surface area contributed by atoms with Crippen LogP contribution < -0.4 is 15.1 Å². The van der Waals surface area contributed by atoms with E-state index in [-0.39, 0.29) is 5.92 Å². The molecule has 4 rings (SSSR count). The number of aromatic nitrogens is 3. The Labute approximate surface area is 170 Å². The Balaban J connectivity index is 1.59. The third-order valence-corrected chi connectivity index (χ3v) is 5.42. The Bertz CT molecular complexity index is 982. The van der Waals surface area contributed by atoms with Gasteiger partial charge in [0.25, 0.3) is 5.65 Å². The zero-order valence-electron chi connectivity index (χ0n) is 17.0. The number of benzene rings is 1. The van der Waals surface area contributed by atoms with Crippen LogP contribution in [0, 0.1) is 5.92 Å². The lowest BCUT2D eigenvalue weighted by Crippen LogP contribution is -2.33. The maximum Gasteiger partial charge on any atom is 0.292 e. The van der Waals surface area contributed by atoms with Gasteiger partial charge in [0.15, 0.2) is 0 Å². The predicted octanol–water partition coefficient (Wildman–Crippen LogP) is 2.75. The third kappa shape index (κ3) is 4.40. The van der Waals surface area contributed by atoms with Gasteiger partial charge in [0.1, 0.15) is 0 Å². The van der Waals surface area contributed by atoms with Gasteiger partial charge in [0, 0.05) is 18.7 Å². The van der Waals surface area contributed by atoms with Crippen LogP contribution in [-0.2, 0) is 6.54 Å². The van der Waals surface area contributed by atoms with Crippen LogP contribution in [-0.4, -0.2) is 40.6 Å². The summed E-state index contributed by atoms with van der Waals surface area (Å²) in [5, 5.41) is 20.4. The molecule has 0 saturated heterocycles. The highest BCUT2D eigenvalue weighted by atomic mass is 16.3. The lowest BCUT2D eigenvalue weighted by Gasteiger charge is -2.23. The van der Waals surface area contributed by atoms with Gasteiger partial charge >= 0.3 is 0 Å². The summed E-state index contributed by atoms with van der Waals surface area (Å²) in [6, 6.07) is 12.3. The lowest BCUT2D eigenvalue weighted by molar-refractivity contribution is -0.564. The third-order valence-electron chi connectivity index (χ3n) is 5.42. The van der Waals surface area contributed by atoms with E-state index < -0.39 is 6.10 Å². The second-order valence-corrected chi connectivity index (χ2v) is 7.90. The topological polar surface area (TPSA) is 89.4 Å². The summed E-state index contributed by atoms with van der Waals surface area (Å²) in [6.45, 7) is 6.20. The molecule has 152 valence electrons. The number of nitrogens with one attached hydrogen (secondary N) is 3.